The first kappa shape index (κ1) is 20.7. The second kappa shape index (κ2) is 8.40. The van der Waals surface area contributed by atoms with E-state index in [-0.39, 0.29) is 5.91 Å². The highest BCUT2D eigenvalue weighted by Crippen LogP contribution is 2.44. The number of rotatable bonds is 5. The number of piperidine rings is 1. The van der Waals surface area contributed by atoms with Gasteiger partial charge in [0, 0.05) is 30.6 Å². The zero-order valence-corrected chi connectivity index (χ0v) is 18.7. The number of aryl methyl sites for hydroxylation is 1. The van der Waals surface area contributed by atoms with Crippen molar-refractivity contribution in [3.63, 3.8) is 0 Å². The summed E-state index contributed by atoms with van der Waals surface area (Å²) < 4.78 is 0. The SMILES string of the molecule is Cc1ccc2nc(N3CCC(NC4CC5CCC4C5)CC3)c(C(=O)NC(C)N)cc2c1. The number of pyridine rings is 1. The molecule has 2 aliphatic carbocycles. The van der Waals surface area contributed by atoms with Gasteiger partial charge in [-0.25, -0.2) is 4.98 Å². The quantitative estimate of drug-likeness (QED) is 0.645. The molecule has 1 aromatic heterocycles. The maximum absolute atomic E-state index is 12.9. The average molecular weight is 422 g/mol. The Bertz CT molecular complexity index is 966. The van der Waals surface area contributed by atoms with E-state index in [4.69, 9.17) is 10.7 Å². The molecule has 6 heteroatoms. The van der Waals surface area contributed by atoms with Crippen LogP contribution in [0.25, 0.3) is 10.9 Å². The van der Waals surface area contributed by atoms with Crippen molar-refractivity contribution >= 4 is 22.6 Å². The van der Waals surface area contributed by atoms with Crippen LogP contribution in [0.2, 0.25) is 0 Å². The Morgan fingerprint density at radius 2 is 1.97 bits per heavy atom. The first-order chi connectivity index (χ1) is 15.0. The monoisotopic (exact) mass is 421 g/mol. The lowest BCUT2D eigenvalue weighted by molar-refractivity contribution is 0.0941. The highest BCUT2D eigenvalue weighted by atomic mass is 16.1. The molecule has 6 nitrogen and oxygen atoms in total. The smallest absolute Gasteiger partial charge is 0.256 e. The number of nitrogens with zero attached hydrogens (tertiary/aromatic N) is 2. The van der Waals surface area contributed by atoms with E-state index in [1.807, 2.05) is 12.1 Å². The largest absolute Gasteiger partial charge is 0.356 e. The minimum atomic E-state index is -0.398. The summed E-state index contributed by atoms with van der Waals surface area (Å²) >= 11 is 0. The summed E-state index contributed by atoms with van der Waals surface area (Å²) in [7, 11) is 0. The van der Waals surface area contributed by atoms with Gasteiger partial charge in [0.15, 0.2) is 0 Å². The van der Waals surface area contributed by atoms with E-state index in [0.29, 0.717) is 11.6 Å². The molecule has 1 saturated heterocycles. The van der Waals surface area contributed by atoms with Crippen LogP contribution in [-0.4, -0.2) is 42.2 Å². The van der Waals surface area contributed by atoms with Crippen LogP contribution >= 0.6 is 0 Å². The molecule has 4 atom stereocenters. The van der Waals surface area contributed by atoms with Gasteiger partial charge in [0.2, 0.25) is 0 Å². The normalized spacial score (nSPS) is 27.1. The van der Waals surface area contributed by atoms with Crippen LogP contribution in [0, 0.1) is 18.8 Å². The van der Waals surface area contributed by atoms with Gasteiger partial charge in [-0.05, 0) is 76.0 Å². The fourth-order valence-electron chi connectivity index (χ4n) is 5.99. The van der Waals surface area contributed by atoms with E-state index in [2.05, 4.69) is 34.6 Å². The Morgan fingerprint density at radius 3 is 2.65 bits per heavy atom. The van der Waals surface area contributed by atoms with Crippen LogP contribution < -0.4 is 21.3 Å². The fourth-order valence-corrected chi connectivity index (χ4v) is 5.99. The molecule has 31 heavy (non-hydrogen) atoms. The van der Waals surface area contributed by atoms with Gasteiger partial charge in [0.1, 0.15) is 5.82 Å². The lowest BCUT2D eigenvalue weighted by atomic mass is 9.93. The zero-order valence-electron chi connectivity index (χ0n) is 18.7. The van der Waals surface area contributed by atoms with Crippen molar-refractivity contribution in [3.8, 4) is 0 Å². The number of fused-ring (bicyclic) bond motifs is 3. The maximum Gasteiger partial charge on any atom is 0.256 e. The first-order valence-electron chi connectivity index (χ1n) is 11.9. The average Bonchev–Trinajstić information content (AvgIpc) is 3.36. The maximum atomic E-state index is 12.9. The number of benzene rings is 1. The van der Waals surface area contributed by atoms with Gasteiger partial charge in [-0.15, -0.1) is 0 Å². The van der Waals surface area contributed by atoms with E-state index < -0.39 is 6.17 Å². The van der Waals surface area contributed by atoms with Crippen molar-refractivity contribution in [3.05, 3.63) is 35.4 Å². The number of amides is 1. The van der Waals surface area contributed by atoms with Gasteiger partial charge in [-0.3, -0.25) is 4.79 Å². The van der Waals surface area contributed by atoms with Crippen LogP contribution in [0.1, 0.15) is 61.4 Å². The van der Waals surface area contributed by atoms with Gasteiger partial charge in [0.25, 0.3) is 5.91 Å². The summed E-state index contributed by atoms with van der Waals surface area (Å²) in [5, 5.41) is 7.82. The lowest BCUT2D eigenvalue weighted by Gasteiger charge is -2.37. The minimum Gasteiger partial charge on any atom is -0.356 e. The number of carbonyl (C=O) groups excluding carboxylic acids is 1. The van der Waals surface area contributed by atoms with E-state index in [9.17, 15) is 4.79 Å². The molecule has 3 aliphatic rings. The van der Waals surface area contributed by atoms with Gasteiger partial charge in [0.05, 0.1) is 17.2 Å². The van der Waals surface area contributed by atoms with Crippen molar-refractivity contribution in [1.29, 1.82) is 0 Å². The Morgan fingerprint density at radius 1 is 1.16 bits per heavy atom. The summed E-state index contributed by atoms with van der Waals surface area (Å²) in [5.41, 5.74) is 8.55. The topological polar surface area (TPSA) is 83.3 Å². The summed E-state index contributed by atoms with van der Waals surface area (Å²) in [6, 6.07) is 9.48. The van der Waals surface area contributed by atoms with Crippen molar-refractivity contribution in [2.24, 2.45) is 17.6 Å². The molecule has 1 amide bonds. The number of aromatic nitrogens is 1. The highest BCUT2D eigenvalue weighted by Gasteiger charge is 2.40. The van der Waals surface area contributed by atoms with Gasteiger partial charge in [-0.2, -0.15) is 0 Å². The van der Waals surface area contributed by atoms with Crippen molar-refractivity contribution in [2.45, 2.75) is 70.6 Å². The van der Waals surface area contributed by atoms with E-state index in [0.717, 1.165) is 66.1 Å². The molecule has 4 N–H and O–H groups in total. The molecule has 4 unspecified atom stereocenters. The molecule has 0 radical (unpaired) electrons. The number of nitrogens with two attached hydrogens (primary N) is 1. The molecule has 2 aromatic rings. The summed E-state index contributed by atoms with van der Waals surface area (Å²) in [6.45, 7) is 5.68. The van der Waals surface area contributed by atoms with Crippen molar-refractivity contribution in [2.75, 3.05) is 18.0 Å². The molecule has 1 aliphatic heterocycles. The standard InChI is InChI=1S/C25H35N5O/c1-15-3-6-22-19(11-15)14-21(25(31)27-16(2)26)24(29-22)30-9-7-20(8-10-30)28-23-13-17-4-5-18(23)12-17/h3,6,11,14,16-18,20,23,28H,4-5,7-10,12-13,26H2,1-2H3,(H,27,31). The summed E-state index contributed by atoms with van der Waals surface area (Å²) in [6.07, 6.45) is 7.46. The fraction of sp³-hybridized carbons (Fsp3) is 0.600. The van der Waals surface area contributed by atoms with Gasteiger partial charge >= 0.3 is 0 Å². The van der Waals surface area contributed by atoms with Gasteiger partial charge in [-0.1, -0.05) is 18.1 Å². The Hall–Kier alpha value is -2.18. The molecular formula is C25H35N5O. The van der Waals surface area contributed by atoms with Crippen LogP contribution in [0.3, 0.4) is 0 Å². The van der Waals surface area contributed by atoms with Crippen LogP contribution in [-0.2, 0) is 0 Å². The minimum absolute atomic E-state index is 0.150. The molecule has 5 rings (SSSR count). The number of anilines is 1. The Balaban J connectivity index is 1.34. The lowest BCUT2D eigenvalue weighted by Crippen LogP contribution is -2.48. The summed E-state index contributed by atoms with van der Waals surface area (Å²) in [4.78, 5) is 20.2. The molecule has 0 spiro atoms. The molecule has 166 valence electrons. The highest BCUT2D eigenvalue weighted by molar-refractivity contribution is 6.02. The van der Waals surface area contributed by atoms with Crippen molar-refractivity contribution < 1.29 is 4.79 Å². The van der Waals surface area contributed by atoms with Crippen LogP contribution in [0.15, 0.2) is 24.3 Å². The number of hydrogen-bond acceptors (Lipinski definition) is 5. The predicted molar refractivity (Wildman–Crippen MR) is 125 cm³/mol. The Labute approximate surface area is 185 Å². The molecule has 1 aromatic carbocycles. The molecule has 2 heterocycles. The number of hydrogen-bond donors (Lipinski definition) is 3. The number of nitrogens with one attached hydrogen (secondary N) is 2. The van der Waals surface area contributed by atoms with E-state index >= 15 is 0 Å². The second-order valence-corrected chi connectivity index (χ2v) is 10.0. The molecule has 3 fully saturated rings. The second-order valence-electron chi connectivity index (χ2n) is 10.0. The Kier molecular flexibility index (Phi) is 5.61. The van der Waals surface area contributed by atoms with Crippen molar-refractivity contribution in [1.82, 2.24) is 15.6 Å². The van der Waals surface area contributed by atoms with Crippen LogP contribution in [0.4, 0.5) is 5.82 Å². The van der Waals surface area contributed by atoms with E-state index in [1.165, 1.54) is 25.7 Å². The zero-order chi connectivity index (χ0) is 21.5. The van der Waals surface area contributed by atoms with Gasteiger partial charge < -0.3 is 21.3 Å². The predicted octanol–water partition coefficient (Wildman–Crippen LogP) is 3.32. The third-order valence-electron chi connectivity index (χ3n) is 7.54. The first-order valence-corrected chi connectivity index (χ1v) is 11.9. The van der Waals surface area contributed by atoms with E-state index in [1.54, 1.807) is 6.92 Å². The number of carbonyl (C=O) groups is 1. The molecule has 2 bridgehead atoms. The third-order valence-corrected chi connectivity index (χ3v) is 7.54. The summed E-state index contributed by atoms with van der Waals surface area (Å²) in [5.74, 6) is 2.51. The molecular weight excluding hydrogens is 386 g/mol. The van der Waals surface area contributed by atoms with Crippen LogP contribution in [0.5, 0.6) is 0 Å². The molecule has 2 saturated carbocycles. The third kappa shape index (κ3) is 4.28.